The van der Waals surface area contributed by atoms with Crippen LogP contribution in [0, 0.1) is 0 Å². The summed E-state index contributed by atoms with van der Waals surface area (Å²) in [6.07, 6.45) is 1.88. The van der Waals surface area contributed by atoms with Crippen molar-refractivity contribution in [3.05, 3.63) is 57.6 Å². The molecule has 2 aromatic carbocycles. The van der Waals surface area contributed by atoms with Crippen LogP contribution in [0.15, 0.2) is 41.3 Å². The zero-order chi connectivity index (χ0) is 13.4. The first-order valence-corrected chi connectivity index (χ1v) is 7.27. The summed E-state index contributed by atoms with van der Waals surface area (Å²) in [6, 6.07) is 11.4. The van der Waals surface area contributed by atoms with Gasteiger partial charge in [0.1, 0.15) is 11.9 Å². The van der Waals surface area contributed by atoms with Crippen molar-refractivity contribution in [1.29, 1.82) is 0 Å². The van der Waals surface area contributed by atoms with E-state index in [1.165, 1.54) is 0 Å². The van der Waals surface area contributed by atoms with Crippen LogP contribution in [0.2, 0.25) is 10.0 Å². The van der Waals surface area contributed by atoms with Gasteiger partial charge in [0.25, 0.3) is 0 Å². The van der Waals surface area contributed by atoms with Crippen LogP contribution in [-0.2, 0) is 6.42 Å². The van der Waals surface area contributed by atoms with E-state index in [-0.39, 0.29) is 6.10 Å². The summed E-state index contributed by atoms with van der Waals surface area (Å²) >= 11 is 16.5. The van der Waals surface area contributed by atoms with E-state index in [0.717, 1.165) is 39.6 Å². The van der Waals surface area contributed by atoms with Gasteiger partial charge in [0.05, 0.1) is 0 Å². The van der Waals surface area contributed by atoms with Gasteiger partial charge < -0.3 is 4.74 Å². The first kappa shape index (κ1) is 13.2. The second-order valence-electron chi connectivity index (χ2n) is 4.59. The molecule has 0 saturated carbocycles. The second kappa shape index (κ2) is 5.28. The van der Waals surface area contributed by atoms with E-state index in [0.29, 0.717) is 5.02 Å². The Bertz CT molecular complexity index is 610. The summed E-state index contributed by atoms with van der Waals surface area (Å²) in [7, 11) is 0. The molecule has 1 nitrogen and oxygen atoms in total. The van der Waals surface area contributed by atoms with E-state index < -0.39 is 0 Å². The molecule has 0 amide bonds. The highest BCUT2D eigenvalue weighted by molar-refractivity contribution is 7.80. The third-order valence-corrected chi connectivity index (χ3v) is 4.17. The van der Waals surface area contributed by atoms with E-state index in [9.17, 15) is 0 Å². The van der Waals surface area contributed by atoms with Crippen LogP contribution >= 0.6 is 35.8 Å². The quantitative estimate of drug-likeness (QED) is 0.736. The molecule has 0 saturated heterocycles. The molecule has 4 heteroatoms. The minimum Gasteiger partial charge on any atom is -0.486 e. The van der Waals surface area contributed by atoms with Crippen molar-refractivity contribution in [3.8, 4) is 5.75 Å². The van der Waals surface area contributed by atoms with Crippen molar-refractivity contribution in [3.63, 3.8) is 0 Å². The zero-order valence-electron chi connectivity index (χ0n) is 10.1. The summed E-state index contributed by atoms with van der Waals surface area (Å²) in [6.45, 7) is 0. The van der Waals surface area contributed by atoms with Gasteiger partial charge in [0.15, 0.2) is 0 Å². The van der Waals surface area contributed by atoms with Crippen molar-refractivity contribution in [2.75, 3.05) is 0 Å². The third kappa shape index (κ3) is 2.71. The first-order chi connectivity index (χ1) is 9.13. The molecule has 0 heterocycles. The molecular formula is C15H12Cl2OS. The van der Waals surface area contributed by atoms with Crippen LogP contribution in [-0.4, -0.2) is 0 Å². The Hall–Kier alpha value is -0.830. The Balaban J connectivity index is 1.88. The lowest BCUT2D eigenvalue weighted by Crippen LogP contribution is -2.03. The Kier molecular flexibility index (Phi) is 3.66. The van der Waals surface area contributed by atoms with Crippen LogP contribution < -0.4 is 4.74 Å². The Morgan fingerprint density at radius 2 is 1.84 bits per heavy atom. The largest absolute Gasteiger partial charge is 0.486 e. The third-order valence-electron chi connectivity index (χ3n) is 3.31. The van der Waals surface area contributed by atoms with E-state index >= 15 is 0 Å². The lowest BCUT2D eigenvalue weighted by Gasteiger charge is -2.15. The fraction of sp³-hybridized carbons (Fsp3) is 0.200. The van der Waals surface area contributed by atoms with Crippen LogP contribution in [0.3, 0.4) is 0 Å². The predicted molar refractivity (Wildman–Crippen MR) is 81.8 cm³/mol. The van der Waals surface area contributed by atoms with Crippen LogP contribution in [0.5, 0.6) is 5.75 Å². The van der Waals surface area contributed by atoms with Gasteiger partial charge in [-0.3, -0.25) is 0 Å². The molecule has 0 radical (unpaired) electrons. The molecule has 3 rings (SSSR count). The normalized spacial score (nSPS) is 17.3. The molecule has 1 aliphatic carbocycles. The molecule has 0 unspecified atom stereocenters. The summed E-state index contributed by atoms with van der Waals surface area (Å²) < 4.78 is 6.02. The average molecular weight is 311 g/mol. The van der Waals surface area contributed by atoms with Crippen molar-refractivity contribution >= 4 is 35.8 Å². The molecular weight excluding hydrogens is 299 g/mol. The van der Waals surface area contributed by atoms with E-state index in [1.807, 2.05) is 30.3 Å². The second-order valence-corrected chi connectivity index (χ2v) is 5.95. The average Bonchev–Trinajstić information content (AvgIpc) is 2.76. The Morgan fingerprint density at radius 3 is 2.58 bits per heavy atom. The van der Waals surface area contributed by atoms with E-state index in [1.54, 1.807) is 6.07 Å². The molecule has 0 N–H and O–H groups in total. The summed E-state index contributed by atoms with van der Waals surface area (Å²) in [5.41, 5.74) is 2.26. The summed E-state index contributed by atoms with van der Waals surface area (Å²) in [5.74, 6) is 0.840. The monoisotopic (exact) mass is 310 g/mol. The van der Waals surface area contributed by atoms with Gasteiger partial charge >= 0.3 is 0 Å². The maximum Gasteiger partial charge on any atom is 0.124 e. The number of fused-ring (bicyclic) bond motifs is 1. The van der Waals surface area contributed by atoms with Gasteiger partial charge in [-0.15, -0.1) is 12.6 Å². The molecule has 2 aromatic rings. The van der Waals surface area contributed by atoms with Crippen molar-refractivity contribution < 1.29 is 4.74 Å². The maximum atomic E-state index is 6.21. The van der Waals surface area contributed by atoms with Crippen LogP contribution in [0.1, 0.15) is 23.7 Å². The lowest BCUT2D eigenvalue weighted by atomic mass is 10.1. The van der Waals surface area contributed by atoms with Gasteiger partial charge in [0, 0.05) is 14.9 Å². The van der Waals surface area contributed by atoms with Crippen LogP contribution in [0.25, 0.3) is 0 Å². The Labute approximate surface area is 127 Å². The van der Waals surface area contributed by atoms with E-state index in [4.69, 9.17) is 27.9 Å². The van der Waals surface area contributed by atoms with Gasteiger partial charge in [-0.2, -0.15) is 0 Å². The molecule has 19 heavy (non-hydrogen) atoms. The number of benzene rings is 2. The molecule has 0 aliphatic heterocycles. The minimum absolute atomic E-state index is 0.0250. The molecule has 1 atom stereocenters. The number of rotatable bonds is 2. The van der Waals surface area contributed by atoms with Crippen molar-refractivity contribution in [1.82, 2.24) is 0 Å². The number of hydrogen-bond donors (Lipinski definition) is 1. The highest BCUT2D eigenvalue weighted by Crippen LogP contribution is 2.40. The smallest absolute Gasteiger partial charge is 0.124 e. The highest BCUT2D eigenvalue weighted by Gasteiger charge is 2.26. The number of halogens is 2. The molecule has 98 valence electrons. The summed E-state index contributed by atoms with van der Waals surface area (Å²) in [4.78, 5) is 0.922. The van der Waals surface area contributed by atoms with E-state index in [2.05, 4.69) is 12.6 Å². The van der Waals surface area contributed by atoms with Crippen molar-refractivity contribution in [2.45, 2.75) is 23.8 Å². The van der Waals surface area contributed by atoms with Gasteiger partial charge in [-0.1, -0.05) is 23.2 Å². The fourth-order valence-electron chi connectivity index (χ4n) is 2.42. The molecule has 0 bridgehead atoms. The molecule has 0 spiro atoms. The zero-order valence-corrected chi connectivity index (χ0v) is 12.5. The van der Waals surface area contributed by atoms with Crippen molar-refractivity contribution in [2.24, 2.45) is 0 Å². The standard InChI is InChI=1S/C15H12Cl2OS/c16-9-7-13-12(14(17)8-9)5-6-15(13)18-10-1-3-11(19)4-2-10/h1-4,7-8,15,19H,5-6H2/t15-/m1/s1. The molecule has 0 fully saturated rings. The predicted octanol–water partition coefficient (Wildman–Crippen LogP) is 5.35. The minimum atomic E-state index is 0.0250. The van der Waals surface area contributed by atoms with Gasteiger partial charge in [-0.25, -0.2) is 0 Å². The first-order valence-electron chi connectivity index (χ1n) is 6.07. The molecule has 1 aliphatic rings. The summed E-state index contributed by atoms with van der Waals surface area (Å²) in [5, 5.41) is 1.39. The topological polar surface area (TPSA) is 9.23 Å². The highest BCUT2D eigenvalue weighted by atomic mass is 35.5. The maximum absolute atomic E-state index is 6.21. The lowest BCUT2D eigenvalue weighted by molar-refractivity contribution is 0.207. The number of hydrogen-bond acceptors (Lipinski definition) is 2. The Morgan fingerprint density at radius 1 is 1.11 bits per heavy atom. The van der Waals surface area contributed by atoms with Gasteiger partial charge in [-0.05, 0) is 60.4 Å². The SMILES string of the molecule is Sc1ccc(O[C@@H]2CCc3c(Cl)cc(Cl)cc32)cc1. The molecule has 0 aromatic heterocycles. The number of ether oxygens (including phenoxy) is 1. The van der Waals surface area contributed by atoms with Gasteiger partial charge in [0.2, 0.25) is 0 Å². The fourth-order valence-corrected chi connectivity index (χ4v) is 3.17. The number of thiol groups is 1. The van der Waals surface area contributed by atoms with Crippen LogP contribution in [0.4, 0.5) is 0 Å².